The van der Waals surface area contributed by atoms with Crippen LogP contribution in [0, 0.1) is 0 Å². The van der Waals surface area contributed by atoms with Gasteiger partial charge in [0.15, 0.2) is 5.58 Å². The first-order chi connectivity index (χ1) is 14.5. The predicted molar refractivity (Wildman–Crippen MR) is 115 cm³/mol. The van der Waals surface area contributed by atoms with Gasteiger partial charge >= 0.3 is 0 Å². The quantitative estimate of drug-likeness (QED) is 0.439. The van der Waals surface area contributed by atoms with Gasteiger partial charge in [0.25, 0.3) is 11.9 Å². The van der Waals surface area contributed by atoms with Gasteiger partial charge in [0.05, 0.1) is 24.1 Å². The number of carbonyl (C=O) groups excluding carboxylic acids is 1. The van der Waals surface area contributed by atoms with Crippen LogP contribution in [0.1, 0.15) is 23.3 Å². The number of rotatable bonds is 6. The van der Waals surface area contributed by atoms with E-state index in [2.05, 4.69) is 25.5 Å². The first-order valence-corrected chi connectivity index (χ1v) is 9.79. The molecular formula is C20H22BN5O4. The lowest BCUT2D eigenvalue weighted by Crippen LogP contribution is -2.36. The highest BCUT2D eigenvalue weighted by Crippen LogP contribution is 2.34. The van der Waals surface area contributed by atoms with Crippen molar-refractivity contribution in [3.63, 3.8) is 0 Å². The molecule has 30 heavy (non-hydrogen) atoms. The molecule has 0 spiro atoms. The molecule has 9 nitrogen and oxygen atoms in total. The van der Waals surface area contributed by atoms with Crippen LogP contribution in [-0.4, -0.2) is 66.3 Å². The number of pyridine rings is 1. The van der Waals surface area contributed by atoms with E-state index in [1.54, 1.807) is 24.3 Å². The molecule has 1 fully saturated rings. The molecular weight excluding hydrogens is 385 g/mol. The summed E-state index contributed by atoms with van der Waals surface area (Å²) in [6.07, 6.45) is 0.968. The van der Waals surface area contributed by atoms with Gasteiger partial charge in [0.1, 0.15) is 19.1 Å². The molecule has 1 aliphatic rings. The molecule has 4 rings (SSSR count). The third-order valence-electron chi connectivity index (χ3n) is 4.95. The molecule has 0 saturated carbocycles. The standard InChI is InChI=1S/C20H22BN5O4/c21-18-3-1-2-13(23-18)19(29)24-14-11-17-15(25-20(30-17)22-6-9-27)10-16(14)26-7-4-12(28)5-8-26/h1-3,10-12,27-28H,4-9H2,(H,22,25)(H,24,29). The third-order valence-corrected chi connectivity index (χ3v) is 4.95. The van der Waals surface area contributed by atoms with Gasteiger partial charge in [-0.2, -0.15) is 4.98 Å². The Morgan fingerprint density at radius 2 is 2.07 bits per heavy atom. The van der Waals surface area contributed by atoms with Crippen LogP contribution in [0.5, 0.6) is 0 Å². The molecule has 1 aromatic carbocycles. The molecule has 1 saturated heterocycles. The molecule has 1 aliphatic heterocycles. The SMILES string of the molecule is [B]c1cccc(C(=O)Nc2cc3oc(NCCO)nc3cc2N2CCC(O)CC2)n1. The molecule has 2 aromatic heterocycles. The van der Waals surface area contributed by atoms with Crippen molar-refractivity contribution in [1.29, 1.82) is 0 Å². The zero-order valence-corrected chi connectivity index (χ0v) is 16.3. The lowest BCUT2D eigenvalue weighted by Gasteiger charge is -2.32. The Bertz CT molecular complexity index is 1050. The number of fused-ring (bicyclic) bond motifs is 1. The van der Waals surface area contributed by atoms with E-state index in [-0.39, 0.29) is 24.0 Å². The van der Waals surface area contributed by atoms with Gasteiger partial charge in [-0.1, -0.05) is 12.1 Å². The van der Waals surface area contributed by atoms with Gasteiger partial charge in [-0.25, -0.2) is 0 Å². The average Bonchev–Trinajstić information content (AvgIpc) is 3.14. The van der Waals surface area contributed by atoms with Crippen molar-refractivity contribution < 1.29 is 19.4 Å². The maximum atomic E-state index is 12.8. The van der Waals surface area contributed by atoms with E-state index in [9.17, 15) is 9.90 Å². The van der Waals surface area contributed by atoms with Crippen molar-refractivity contribution in [2.24, 2.45) is 0 Å². The Morgan fingerprint density at radius 1 is 1.27 bits per heavy atom. The summed E-state index contributed by atoms with van der Waals surface area (Å²) in [5.74, 6) is -0.391. The molecule has 2 radical (unpaired) electrons. The summed E-state index contributed by atoms with van der Waals surface area (Å²) in [4.78, 5) is 23.3. The molecule has 0 aliphatic carbocycles. The minimum absolute atomic E-state index is 0.0470. The number of oxazole rings is 1. The molecule has 0 unspecified atom stereocenters. The molecule has 1 amide bonds. The van der Waals surface area contributed by atoms with E-state index in [4.69, 9.17) is 17.4 Å². The van der Waals surface area contributed by atoms with Crippen LogP contribution < -0.4 is 21.1 Å². The maximum absolute atomic E-state index is 12.8. The average molecular weight is 407 g/mol. The lowest BCUT2D eigenvalue weighted by atomic mass is 10.0. The van der Waals surface area contributed by atoms with E-state index < -0.39 is 5.91 Å². The Kier molecular flexibility index (Phi) is 5.87. The number of amides is 1. The highest BCUT2D eigenvalue weighted by atomic mass is 16.4. The van der Waals surface area contributed by atoms with Crippen molar-refractivity contribution in [2.75, 3.05) is 41.8 Å². The predicted octanol–water partition coefficient (Wildman–Crippen LogP) is 0.634. The molecule has 3 aromatic rings. The second-order valence-corrected chi connectivity index (χ2v) is 7.13. The molecule has 4 N–H and O–H groups in total. The summed E-state index contributed by atoms with van der Waals surface area (Å²) in [6.45, 7) is 1.57. The minimum atomic E-state index is -0.391. The number of aliphatic hydroxyl groups is 2. The van der Waals surface area contributed by atoms with E-state index in [1.165, 1.54) is 0 Å². The van der Waals surface area contributed by atoms with Crippen LogP contribution in [0.15, 0.2) is 34.7 Å². The number of anilines is 3. The Morgan fingerprint density at radius 3 is 2.80 bits per heavy atom. The topological polar surface area (TPSA) is 124 Å². The number of nitrogens with zero attached hydrogens (tertiary/aromatic N) is 3. The molecule has 10 heteroatoms. The lowest BCUT2D eigenvalue weighted by molar-refractivity contribution is 0.102. The van der Waals surface area contributed by atoms with Crippen molar-refractivity contribution >= 4 is 47.8 Å². The second kappa shape index (κ2) is 8.72. The number of benzene rings is 1. The molecule has 0 bridgehead atoms. The maximum Gasteiger partial charge on any atom is 0.295 e. The Labute approximate surface area is 174 Å². The van der Waals surface area contributed by atoms with Crippen LogP contribution in [0.3, 0.4) is 0 Å². The summed E-state index contributed by atoms with van der Waals surface area (Å²) >= 11 is 0. The van der Waals surface area contributed by atoms with Crippen molar-refractivity contribution in [2.45, 2.75) is 18.9 Å². The number of hydrogen-bond acceptors (Lipinski definition) is 8. The van der Waals surface area contributed by atoms with Crippen LogP contribution in [0.25, 0.3) is 11.1 Å². The van der Waals surface area contributed by atoms with Crippen LogP contribution in [0.4, 0.5) is 17.4 Å². The van der Waals surface area contributed by atoms with Crippen molar-refractivity contribution in [3.05, 3.63) is 36.0 Å². The van der Waals surface area contributed by atoms with Gasteiger partial charge < -0.3 is 30.2 Å². The fourth-order valence-electron chi connectivity index (χ4n) is 3.43. The number of carbonyl (C=O) groups is 1. The largest absolute Gasteiger partial charge is 0.423 e. The summed E-state index contributed by atoms with van der Waals surface area (Å²) in [5, 5.41) is 24.6. The van der Waals surface area contributed by atoms with Gasteiger partial charge in [0, 0.05) is 25.7 Å². The zero-order valence-electron chi connectivity index (χ0n) is 16.3. The van der Waals surface area contributed by atoms with E-state index in [0.29, 0.717) is 55.3 Å². The van der Waals surface area contributed by atoms with E-state index in [1.807, 2.05) is 6.07 Å². The number of piperidine rings is 1. The van der Waals surface area contributed by atoms with Crippen LogP contribution >= 0.6 is 0 Å². The van der Waals surface area contributed by atoms with Crippen LogP contribution in [0.2, 0.25) is 0 Å². The number of hydrogen-bond donors (Lipinski definition) is 4. The Balaban J connectivity index is 1.69. The summed E-state index contributed by atoms with van der Waals surface area (Å²) < 4.78 is 5.70. The van der Waals surface area contributed by atoms with Crippen LogP contribution in [-0.2, 0) is 0 Å². The monoisotopic (exact) mass is 407 g/mol. The van der Waals surface area contributed by atoms with Crippen molar-refractivity contribution in [3.8, 4) is 0 Å². The summed E-state index contributed by atoms with van der Waals surface area (Å²) in [6, 6.07) is 8.73. The molecule has 154 valence electrons. The number of nitrogens with one attached hydrogen (secondary N) is 2. The summed E-state index contributed by atoms with van der Waals surface area (Å²) in [7, 11) is 5.70. The normalized spacial score (nSPS) is 14.8. The van der Waals surface area contributed by atoms with Gasteiger partial charge in [-0.05, 0) is 30.6 Å². The van der Waals surface area contributed by atoms with E-state index >= 15 is 0 Å². The van der Waals surface area contributed by atoms with E-state index in [0.717, 1.165) is 5.69 Å². The number of aromatic nitrogens is 2. The molecule has 0 atom stereocenters. The minimum Gasteiger partial charge on any atom is -0.423 e. The third kappa shape index (κ3) is 4.39. The fraction of sp³-hybridized carbons (Fsp3) is 0.350. The number of aliphatic hydroxyl groups excluding tert-OH is 2. The highest BCUT2D eigenvalue weighted by Gasteiger charge is 2.22. The Hall–Kier alpha value is -3.11. The zero-order chi connectivity index (χ0) is 21.1. The van der Waals surface area contributed by atoms with Crippen molar-refractivity contribution in [1.82, 2.24) is 9.97 Å². The second-order valence-electron chi connectivity index (χ2n) is 7.13. The van der Waals surface area contributed by atoms with Gasteiger partial charge in [0.2, 0.25) is 0 Å². The fourth-order valence-corrected chi connectivity index (χ4v) is 3.43. The first kappa shape index (κ1) is 20.2. The van der Waals surface area contributed by atoms with Gasteiger partial charge in [-0.15, -0.1) is 0 Å². The van der Waals surface area contributed by atoms with Gasteiger partial charge in [-0.3, -0.25) is 9.78 Å². The highest BCUT2D eigenvalue weighted by molar-refractivity contribution is 6.30. The summed E-state index contributed by atoms with van der Waals surface area (Å²) in [5.41, 5.74) is 2.92. The smallest absolute Gasteiger partial charge is 0.295 e. The molecule has 3 heterocycles. The first-order valence-electron chi connectivity index (χ1n) is 9.79.